The van der Waals surface area contributed by atoms with Crippen LogP contribution in [0.15, 0.2) is 16.6 Å². The molecule has 1 heterocycles. The van der Waals surface area contributed by atoms with E-state index < -0.39 is 0 Å². The van der Waals surface area contributed by atoms with Gasteiger partial charge in [-0.3, -0.25) is 0 Å². The van der Waals surface area contributed by atoms with E-state index in [0.29, 0.717) is 0 Å². The maximum Gasteiger partial charge on any atom is 0.0426 e. The Balaban J connectivity index is 1.66. The molecule has 19 heavy (non-hydrogen) atoms. The van der Waals surface area contributed by atoms with Crippen LogP contribution in [0.3, 0.4) is 0 Å². The molecule has 2 aliphatic rings. The normalized spacial score (nSPS) is 23.1. The molecule has 0 amide bonds. The lowest BCUT2D eigenvalue weighted by atomic mass is 10.1. The van der Waals surface area contributed by atoms with E-state index in [1.807, 2.05) is 0 Å². The summed E-state index contributed by atoms with van der Waals surface area (Å²) in [4.78, 5) is 2.58. The Hall–Kier alpha value is -0.540. The molecule has 1 aromatic carbocycles. The molecule has 1 aromatic rings. The number of aryl methyl sites for hydroxylation is 2. The molecule has 3 heteroatoms. The van der Waals surface area contributed by atoms with E-state index in [-0.39, 0.29) is 0 Å². The van der Waals surface area contributed by atoms with Crippen LogP contribution in [0.2, 0.25) is 0 Å². The van der Waals surface area contributed by atoms with Crippen LogP contribution in [0.4, 0.5) is 5.69 Å². The molecule has 0 aromatic heterocycles. The summed E-state index contributed by atoms with van der Waals surface area (Å²) in [5, 5.41) is 3.67. The fourth-order valence-corrected chi connectivity index (χ4v) is 3.91. The van der Waals surface area contributed by atoms with Gasteiger partial charge in [0, 0.05) is 29.3 Å². The molecular weight excluding hydrogens is 300 g/mol. The Morgan fingerprint density at radius 2 is 1.89 bits per heavy atom. The maximum atomic E-state index is 3.67. The fourth-order valence-electron chi connectivity index (χ4n) is 3.23. The minimum atomic E-state index is 0.822. The Kier molecular flexibility index (Phi) is 3.86. The Labute approximate surface area is 124 Å². The topological polar surface area (TPSA) is 15.3 Å². The summed E-state index contributed by atoms with van der Waals surface area (Å²) in [6, 6.07) is 5.31. The second-order valence-electron chi connectivity index (χ2n) is 6.17. The number of nitrogens with one attached hydrogen (secondary N) is 1. The molecule has 1 aliphatic heterocycles. The first-order valence-electron chi connectivity index (χ1n) is 7.38. The first kappa shape index (κ1) is 13.4. The SMILES string of the molecule is Cc1cc(Br)cc(C)c1N1CCC(CNC2CC2)C1. The molecule has 0 bridgehead atoms. The molecule has 1 N–H and O–H groups in total. The number of rotatable bonds is 4. The molecule has 2 nitrogen and oxygen atoms in total. The van der Waals surface area contributed by atoms with Crippen molar-refractivity contribution in [2.75, 3.05) is 24.5 Å². The van der Waals surface area contributed by atoms with E-state index >= 15 is 0 Å². The largest absolute Gasteiger partial charge is 0.371 e. The van der Waals surface area contributed by atoms with Gasteiger partial charge in [0.1, 0.15) is 0 Å². The number of halogens is 1. The van der Waals surface area contributed by atoms with Crippen LogP contribution in [0, 0.1) is 19.8 Å². The van der Waals surface area contributed by atoms with Gasteiger partial charge in [-0.15, -0.1) is 0 Å². The van der Waals surface area contributed by atoms with Gasteiger partial charge in [-0.05, 0) is 68.8 Å². The number of benzene rings is 1. The third-order valence-electron chi connectivity index (χ3n) is 4.33. The van der Waals surface area contributed by atoms with Gasteiger partial charge in [0.15, 0.2) is 0 Å². The summed E-state index contributed by atoms with van der Waals surface area (Å²) in [6.07, 6.45) is 4.11. The number of nitrogens with zero attached hydrogens (tertiary/aromatic N) is 1. The van der Waals surface area contributed by atoms with Crippen molar-refractivity contribution in [1.82, 2.24) is 5.32 Å². The van der Waals surface area contributed by atoms with E-state index in [9.17, 15) is 0 Å². The third kappa shape index (κ3) is 3.14. The van der Waals surface area contributed by atoms with E-state index in [2.05, 4.69) is 52.1 Å². The predicted molar refractivity (Wildman–Crippen MR) is 85.0 cm³/mol. The zero-order valence-electron chi connectivity index (χ0n) is 11.9. The molecule has 1 saturated heterocycles. The predicted octanol–water partition coefficient (Wildman–Crippen LogP) is 3.64. The van der Waals surface area contributed by atoms with E-state index in [4.69, 9.17) is 0 Å². The molecule has 3 rings (SSSR count). The highest BCUT2D eigenvalue weighted by atomic mass is 79.9. The molecular formula is C16H23BrN2. The highest BCUT2D eigenvalue weighted by molar-refractivity contribution is 9.10. The number of anilines is 1. The molecule has 0 spiro atoms. The molecule has 1 atom stereocenters. The van der Waals surface area contributed by atoms with Crippen LogP contribution in [0.5, 0.6) is 0 Å². The molecule has 104 valence electrons. The summed E-state index contributed by atoms with van der Waals surface area (Å²) in [6.45, 7) is 8.07. The van der Waals surface area contributed by atoms with Crippen molar-refractivity contribution in [3.8, 4) is 0 Å². The van der Waals surface area contributed by atoms with Crippen molar-refractivity contribution in [1.29, 1.82) is 0 Å². The lowest BCUT2D eigenvalue weighted by Gasteiger charge is -2.24. The number of hydrogen-bond acceptors (Lipinski definition) is 2. The van der Waals surface area contributed by atoms with Crippen LogP contribution in [-0.4, -0.2) is 25.7 Å². The van der Waals surface area contributed by atoms with Gasteiger partial charge in [0.25, 0.3) is 0 Å². The van der Waals surface area contributed by atoms with Crippen molar-refractivity contribution < 1.29 is 0 Å². The smallest absolute Gasteiger partial charge is 0.0426 e. The average Bonchev–Trinajstić information content (AvgIpc) is 3.05. The highest BCUT2D eigenvalue weighted by Crippen LogP contribution is 2.32. The van der Waals surface area contributed by atoms with Crippen molar-refractivity contribution in [2.24, 2.45) is 5.92 Å². The zero-order valence-corrected chi connectivity index (χ0v) is 13.5. The van der Waals surface area contributed by atoms with Gasteiger partial charge >= 0.3 is 0 Å². The molecule has 2 fully saturated rings. The Bertz CT molecular complexity index is 445. The van der Waals surface area contributed by atoms with Crippen molar-refractivity contribution in [2.45, 2.75) is 39.2 Å². The van der Waals surface area contributed by atoms with Gasteiger partial charge in [-0.2, -0.15) is 0 Å². The zero-order chi connectivity index (χ0) is 13.4. The number of hydrogen-bond donors (Lipinski definition) is 1. The van der Waals surface area contributed by atoms with Gasteiger partial charge in [0.05, 0.1) is 0 Å². The van der Waals surface area contributed by atoms with Gasteiger partial charge < -0.3 is 10.2 Å². The van der Waals surface area contributed by atoms with E-state index in [0.717, 1.165) is 12.0 Å². The maximum absolute atomic E-state index is 3.67. The lowest BCUT2D eigenvalue weighted by Crippen LogP contribution is -2.28. The van der Waals surface area contributed by atoms with Crippen LogP contribution in [0.1, 0.15) is 30.4 Å². The van der Waals surface area contributed by atoms with Crippen molar-refractivity contribution >= 4 is 21.6 Å². The Morgan fingerprint density at radius 1 is 1.21 bits per heavy atom. The minimum absolute atomic E-state index is 0.822. The average molecular weight is 323 g/mol. The van der Waals surface area contributed by atoms with Crippen molar-refractivity contribution in [3.05, 3.63) is 27.7 Å². The second kappa shape index (κ2) is 5.45. The van der Waals surface area contributed by atoms with E-state index in [1.54, 1.807) is 0 Å². The highest BCUT2D eigenvalue weighted by Gasteiger charge is 2.27. The first-order chi connectivity index (χ1) is 9.13. The summed E-state index contributed by atoms with van der Waals surface area (Å²) >= 11 is 3.59. The summed E-state index contributed by atoms with van der Waals surface area (Å²) in [5.41, 5.74) is 4.24. The van der Waals surface area contributed by atoms with Crippen molar-refractivity contribution in [3.63, 3.8) is 0 Å². The molecule has 1 aliphatic carbocycles. The lowest BCUT2D eigenvalue weighted by molar-refractivity contribution is 0.515. The molecule has 1 unspecified atom stereocenters. The summed E-state index contributed by atoms with van der Waals surface area (Å²) in [7, 11) is 0. The minimum Gasteiger partial charge on any atom is -0.371 e. The van der Waals surface area contributed by atoms with E-state index in [1.165, 1.54) is 60.2 Å². The molecule has 0 radical (unpaired) electrons. The third-order valence-corrected chi connectivity index (χ3v) is 4.79. The van der Waals surface area contributed by atoms with Crippen LogP contribution >= 0.6 is 15.9 Å². The summed E-state index contributed by atoms with van der Waals surface area (Å²) < 4.78 is 1.19. The quantitative estimate of drug-likeness (QED) is 0.910. The fraction of sp³-hybridized carbons (Fsp3) is 0.625. The van der Waals surface area contributed by atoms with Crippen LogP contribution in [0.25, 0.3) is 0 Å². The Morgan fingerprint density at radius 3 is 2.53 bits per heavy atom. The van der Waals surface area contributed by atoms with Gasteiger partial charge in [-0.25, -0.2) is 0 Å². The first-order valence-corrected chi connectivity index (χ1v) is 8.18. The standard InChI is InChI=1S/C16H23BrN2/c1-11-7-14(17)8-12(2)16(11)19-6-5-13(10-19)9-18-15-3-4-15/h7-8,13,15,18H,3-6,9-10H2,1-2H3. The van der Waals surface area contributed by atoms with Gasteiger partial charge in [-0.1, -0.05) is 15.9 Å². The molecule has 1 saturated carbocycles. The second-order valence-corrected chi connectivity index (χ2v) is 7.09. The van der Waals surface area contributed by atoms with Crippen LogP contribution in [-0.2, 0) is 0 Å². The summed E-state index contributed by atoms with van der Waals surface area (Å²) in [5.74, 6) is 0.822. The van der Waals surface area contributed by atoms with Gasteiger partial charge in [0.2, 0.25) is 0 Å². The van der Waals surface area contributed by atoms with Crippen LogP contribution < -0.4 is 10.2 Å². The monoisotopic (exact) mass is 322 g/mol.